The summed E-state index contributed by atoms with van der Waals surface area (Å²) in [5, 5.41) is 12.0. The van der Waals surface area contributed by atoms with Crippen LogP contribution in [0.25, 0.3) is 0 Å². The summed E-state index contributed by atoms with van der Waals surface area (Å²) < 4.78 is 13.9. The van der Waals surface area contributed by atoms with Crippen LogP contribution in [-0.2, 0) is 16.0 Å². The van der Waals surface area contributed by atoms with Crippen LogP contribution in [0.3, 0.4) is 0 Å². The van der Waals surface area contributed by atoms with E-state index in [0.29, 0.717) is 24.8 Å². The van der Waals surface area contributed by atoms with E-state index in [0.717, 1.165) is 12.0 Å². The van der Waals surface area contributed by atoms with Gasteiger partial charge in [0.25, 0.3) is 0 Å². The third-order valence-corrected chi connectivity index (χ3v) is 5.13. The van der Waals surface area contributed by atoms with Crippen LogP contribution in [0.5, 0.6) is 0 Å². The van der Waals surface area contributed by atoms with Gasteiger partial charge in [-0.15, -0.1) is 0 Å². The van der Waals surface area contributed by atoms with Crippen molar-refractivity contribution < 1.29 is 19.1 Å². The Labute approximate surface area is 128 Å². The summed E-state index contributed by atoms with van der Waals surface area (Å²) in [7, 11) is 0. The van der Waals surface area contributed by atoms with E-state index in [1.54, 1.807) is 6.07 Å². The van der Waals surface area contributed by atoms with Crippen LogP contribution >= 0.6 is 0 Å². The molecule has 1 aromatic rings. The highest BCUT2D eigenvalue weighted by Crippen LogP contribution is 2.38. The number of carboxylic acid groups (broad SMARTS) is 1. The summed E-state index contributed by atoms with van der Waals surface area (Å²) in [6, 6.07) is 4.73. The third-order valence-electron chi connectivity index (χ3n) is 5.13. The van der Waals surface area contributed by atoms with Crippen molar-refractivity contribution in [3.05, 3.63) is 35.1 Å². The smallest absolute Gasteiger partial charge is 0.307 e. The van der Waals surface area contributed by atoms with Crippen LogP contribution in [0.2, 0.25) is 0 Å². The first-order chi connectivity index (χ1) is 10.5. The van der Waals surface area contributed by atoms with Crippen LogP contribution in [0.1, 0.15) is 43.4 Å². The Bertz CT molecular complexity index is 616. The van der Waals surface area contributed by atoms with E-state index in [9.17, 15) is 14.0 Å². The SMILES string of the molecule is CC1CCc2c(F)cccc2C1NC(=O)C1CCC1C(=O)O. The third kappa shape index (κ3) is 2.49. The second kappa shape index (κ2) is 5.71. The van der Waals surface area contributed by atoms with E-state index < -0.39 is 17.8 Å². The molecule has 118 valence electrons. The molecule has 2 aliphatic carbocycles. The largest absolute Gasteiger partial charge is 0.481 e. The number of carboxylic acids is 1. The monoisotopic (exact) mass is 305 g/mol. The summed E-state index contributed by atoms with van der Waals surface area (Å²) in [5.41, 5.74) is 1.51. The maximum absolute atomic E-state index is 13.9. The van der Waals surface area contributed by atoms with Crippen molar-refractivity contribution >= 4 is 11.9 Å². The fraction of sp³-hybridized carbons (Fsp3) is 0.529. The number of carbonyl (C=O) groups is 2. The Morgan fingerprint density at radius 3 is 2.59 bits per heavy atom. The Hall–Kier alpha value is -1.91. The molecule has 2 N–H and O–H groups in total. The molecule has 0 saturated heterocycles. The van der Waals surface area contributed by atoms with Gasteiger partial charge in [-0.3, -0.25) is 9.59 Å². The molecule has 0 radical (unpaired) electrons. The van der Waals surface area contributed by atoms with Gasteiger partial charge in [0.05, 0.1) is 17.9 Å². The number of carbonyl (C=O) groups excluding carboxylic acids is 1. The summed E-state index contributed by atoms with van der Waals surface area (Å²) in [5.74, 6) is -2.17. The number of halogens is 1. The number of nitrogens with one attached hydrogen (secondary N) is 1. The Balaban J connectivity index is 1.79. The van der Waals surface area contributed by atoms with Crippen molar-refractivity contribution in [3.63, 3.8) is 0 Å². The fourth-order valence-electron chi connectivity index (χ4n) is 3.57. The van der Waals surface area contributed by atoms with E-state index in [1.807, 2.05) is 13.0 Å². The average molecular weight is 305 g/mol. The van der Waals surface area contributed by atoms with E-state index in [-0.39, 0.29) is 23.7 Å². The molecule has 4 nitrogen and oxygen atoms in total. The van der Waals surface area contributed by atoms with E-state index >= 15 is 0 Å². The molecule has 1 fully saturated rings. The highest BCUT2D eigenvalue weighted by atomic mass is 19.1. The predicted molar refractivity (Wildman–Crippen MR) is 78.6 cm³/mol. The summed E-state index contributed by atoms with van der Waals surface area (Å²) in [6.45, 7) is 2.04. The Kier molecular flexibility index (Phi) is 3.89. The quantitative estimate of drug-likeness (QED) is 0.902. The minimum atomic E-state index is -0.908. The molecular formula is C17H20FNO3. The second-order valence-electron chi connectivity index (χ2n) is 6.44. The maximum Gasteiger partial charge on any atom is 0.307 e. The molecule has 1 aromatic carbocycles. The standard InChI is InChI=1S/C17H20FNO3/c1-9-5-6-10-11(3-2-4-14(10)18)15(9)19-16(20)12-7-8-13(12)17(21)22/h2-4,9,12-13,15H,5-8H2,1H3,(H,19,20)(H,21,22). The van der Waals surface area contributed by atoms with Gasteiger partial charge < -0.3 is 10.4 Å². The van der Waals surface area contributed by atoms with Gasteiger partial charge in [0, 0.05) is 0 Å². The van der Waals surface area contributed by atoms with Crippen molar-refractivity contribution in [1.82, 2.24) is 5.32 Å². The summed E-state index contributed by atoms with van der Waals surface area (Å²) in [4.78, 5) is 23.4. The van der Waals surface area contributed by atoms with Crippen LogP contribution in [0, 0.1) is 23.6 Å². The van der Waals surface area contributed by atoms with Gasteiger partial charge in [-0.2, -0.15) is 0 Å². The molecule has 3 rings (SSSR count). The van der Waals surface area contributed by atoms with Gasteiger partial charge in [0.15, 0.2) is 0 Å². The predicted octanol–water partition coefficient (Wildman–Crippen LogP) is 2.68. The number of rotatable bonds is 3. The molecule has 4 atom stereocenters. The number of fused-ring (bicyclic) bond motifs is 1. The highest BCUT2D eigenvalue weighted by molar-refractivity contribution is 5.86. The molecule has 0 aliphatic heterocycles. The van der Waals surface area contributed by atoms with Crippen LogP contribution < -0.4 is 5.32 Å². The van der Waals surface area contributed by atoms with Gasteiger partial charge in [0.1, 0.15) is 5.82 Å². The molecule has 1 amide bonds. The van der Waals surface area contributed by atoms with Gasteiger partial charge in [-0.1, -0.05) is 19.1 Å². The first-order valence-corrected chi connectivity index (χ1v) is 7.79. The Morgan fingerprint density at radius 2 is 1.95 bits per heavy atom. The van der Waals surface area contributed by atoms with E-state index in [2.05, 4.69) is 5.32 Å². The molecule has 0 bridgehead atoms. The van der Waals surface area contributed by atoms with Crippen LogP contribution in [0.15, 0.2) is 18.2 Å². The lowest BCUT2D eigenvalue weighted by atomic mass is 9.72. The maximum atomic E-state index is 13.9. The van der Waals surface area contributed by atoms with E-state index in [4.69, 9.17) is 5.11 Å². The summed E-state index contributed by atoms with van der Waals surface area (Å²) in [6.07, 6.45) is 2.65. The molecule has 2 aliphatic rings. The minimum Gasteiger partial charge on any atom is -0.481 e. The number of aliphatic carboxylic acids is 1. The molecule has 4 unspecified atom stereocenters. The van der Waals surface area contributed by atoms with Gasteiger partial charge in [-0.25, -0.2) is 4.39 Å². The normalized spacial score (nSPS) is 30.1. The lowest BCUT2D eigenvalue weighted by Crippen LogP contribution is -2.46. The fourth-order valence-corrected chi connectivity index (χ4v) is 3.57. The van der Waals surface area contributed by atoms with Gasteiger partial charge in [-0.05, 0) is 48.8 Å². The number of amides is 1. The van der Waals surface area contributed by atoms with E-state index in [1.165, 1.54) is 6.07 Å². The number of hydrogen-bond acceptors (Lipinski definition) is 2. The average Bonchev–Trinajstić information content (AvgIpc) is 2.40. The van der Waals surface area contributed by atoms with Crippen LogP contribution in [-0.4, -0.2) is 17.0 Å². The summed E-state index contributed by atoms with van der Waals surface area (Å²) >= 11 is 0. The van der Waals surface area contributed by atoms with Crippen molar-refractivity contribution in [2.45, 2.75) is 38.6 Å². The lowest BCUT2D eigenvalue weighted by Gasteiger charge is -2.37. The Morgan fingerprint density at radius 1 is 1.23 bits per heavy atom. The molecular weight excluding hydrogens is 285 g/mol. The molecule has 5 heteroatoms. The molecule has 22 heavy (non-hydrogen) atoms. The zero-order valence-electron chi connectivity index (χ0n) is 12.5. The molecule has 0 spiro atoms. The molecule has 0 heterocycles. The van der Waals surface area contributed by atoms with Crippen molar-refractivity contribution in [3.8, 4) is 0 Å². The molecule has 1 saturated carbocycles. The zero-order valence-corrected chi connectivity index (χ0v) is 12.5. The van der Waals surface area contributed by atoms with Crippen LogP contribution in [0.4, 0.5) is 4.39 Å². The number of hydrogen-bond donors (Lipinski definition) is 2. The van der Waals surface area contributed by atoms with Gasteiger partial charge in [0.2, 0.25) is 5.91 Å². The first-order valence-electron chi connectivity index (χ1n) is 7.79. The van der Waals surface area contributed by atoms with Crippen molar-refractivity contribution in [2.75, 3.05) is 0 Å². The van der Waals surface area contributed by atoms with Gasteiger partial charge >= 0.3 is 5.97 Å². The number of benzene rings is 1. The topological polar surface area (TPSA) is 66.4 Å². The minimum absolute atomic E-state index is 0.210. The first kappa shape index (κ1) is 15.0. The van der Waals surface area contributed by atoms with Crippen molar-refractivity contribution in [2.24, 2.45) is 17.8 Å². The van der Waals surface area contributed by atoms with Crippen molar-refractivity contribution in [1.29, 1.82) is 0 Å². The second-order valence-corrected chi connectivity index (χ2v) is 6.44. The highest BCUT2D eigenvalue weighted by Gasteiger charge is 2.42. The molecule has 0 aromatic heterocycles. The zero-order chi connectivity index (χ0) is 15.9. The lowest BCUT2D eigenvalue weighted by molar-refractivity contribution is -0.153.